The summed E-state index contributed by atoms with van der Waals surface area (Å²) in [6, 6.07) is 4.97. The number of nitrogens with one attached hydrogen (secondary N) is 1. The fourth-order valence-electron chi connectivity index (χ4n) is 4.47. The van der Waals surface area contributed by atoms with Gasteiger partial charge < -0.3 is 10.1 Å². The lowest BCUT2D eigenvalue weighted by Gasteiger charge is -2.27. The maximum Gasteiger partial charge on any atom is 0.243 e. The molecule has 4 rings (SSSR count). The molecule has 2 aromatic rings. The molecule has 1 N–H and O–H groups in total. The number of rotatable bonds is 7. The average molecular weight is 466 g/mol. The summed E-state index contributed by atoms with van der Waals surface area (Å²) >= 11 is 1.33. The zero-order chi connectivity index (χ0) is 21.8. The van der Waals surface area contributed by atoms with E-state index in [1.807, 2.05) is 0 Å². The third-order valence-electron chi connectivity index (χ3n) is 6.38. The number of amides is 1. The highest BCUT2D eigenvalue weighted by molar-refractivity contribution is 7.89. The molecule has 2 heterocycles. The average Bonchev–Trinajstić information content (AvgIpc) is 3.20. The summed E-state index contributed by atoms with van der Waals surface area (Å²) in [5, 5.41) is 3.51. The van der Waals surface area contributed by atoms with Gasteiger partial charge in [-0.15, -0.1) is 0 Å². The first-order chi connectivity index (χ1) is 15.0. The third-order valence-corrected chi connectivity index (χ3v) is 9.21. The number of unbranched alkanes of at least 4 members (excludes halogenated alkanes) is 1. The zero-order valence-electron chi connectivity index (χ0n) is 18.0. The highest BCUT2D eigenvalue weighted by Gasteiger charge is 2.28. The van der Waals surface area contributed by atoms with Gasteiger partial charge in [-0.3, -0.25) is 4.79 Å². The number of ether oxygens (including phenoxy) is 1. The summed E-state index contributed by atoms with van der Waals surface area (Å²) in [5.74, 6) is 0.842. The number of morpholine rings is 1. The lowest BCUT2D eigenvalue weighted by atomic mass is 9.79. The van der Waals surface area contributed by atoms with Crippen LogP contribution in [0.3, 0.4) is 0 Å². The predicted octanol–water partition coefficient (Wildman–Crippen LogP) is 4.25. The molecule has 2 aliphatic rings. The van der Waals surface area contributed by atoms with Crippen LogP contribution in [0.25, 0.3) is 10.2 Å². The Balaban J connectivity index is 1.41. The van der Waals surface area contributed by atoms with E-state index in [1.165, 1.54) is 34.9 Å². The number of fused-ring (bicyclic) bond motifs is 1. The first-order valence-corrected chi connectivity index (χ1v) is 13.5. The lowest BCUT2D eigenvalue weighted by molar-refractivity contribution is -0.121. The van der Waals surface area contributed by atoms with Gasteiger partial charge in [0, 0.05) is 19.0 Å². The van der Waals surface area contributed by atoms with Crippen molar-refractivity contribution in [2.24, 2.45) is 11.8 Å². The first kappa shape index (κ1) is 22.6. The minimum atomic E-state index is -3.55. The van der Waals surface area contributed by atoms with Crippen molar-refractivity contribution in [1.82, 2.24) is 9.29 Å². The lowest BCUT2D eigenvalue weighted by Crippen LogP contribution is -2.40. The Morgan fingerprint density at radius 2 is 1.97 bits per heavy atom. The largest absolute Gasteiger partial charge is 0.379 e. The Kier molecular flexibility index (Phi) is 7.26. The van der Waals surface area contributed by atoms with Gasteiger partial charge >= 0.3 is 0 Å². The number of sulfonamides is 1. The van der Waals surface area contributed by atoms with Crippen LogP contribution in [0.5, 0.6) is 0 Å². The van der Waals surface area contributed by atoms with E-state index in [-0.39, 0.29) is 16.7 Å². The smallest absolute Gasteiger partial charge is 0.243 e. The molecule has 1 amide bonds. The van der Waals surface area contributed by atoms with E-state index in [1.54, 1.807) is 18.2 Å². The highest BCUT2D eigenvalue weighted by atomic mass is 32.2. The molecule has 7 nitrogen and oxygen atoms in total. The van der Waals surface area contributed by atoms with Gasteiger partial charge in [0.05, 0.1) is 28.3 Å². The Bertz CT molecular complexity index is 1010. The molecule has 0 bridgehead atoms. The molecule has 0 spiro atoms. The predicted molar refractivity (Wildman–Crippen MR) is 123 cm³/mol. The molecule has 2 fully saturated rings. The maximum atomic E-state index is 12.9. The minimum absolute atomic E-state index is 0.0363. The van der Waals surface area contributed by atoms with Crippen LogP contribution >= 0.6 is 11.3 Å². The van der Waals surface area contributed by atoms with Crippen molar-refractivity contribution in [1.29, 1.82) is 0 Å². The van der Waals surface area contributed by atoms with E-state index in [0.29, 0.717) is 37.0 Å². The summed E-state index contributed by atoms with van der Waals surface area (Å²) < 4.78 is 33.3. The number of carbonyl (C=O) groups excluding carboxylic acids is 1. The number of thiazole rings is 1. The van der Waals surface area contributed by atoms with Crippen molar-refractivity contribution in [2.45, 2.75) is 56.8 Å². The van der Waals surface area contributed by atoms with Crippen LogP contribution in [-0.2, 0) is 19.6 Å². The van der Waals surface area contributed by atoms with E-state index in [4.69, 9.17) is 4.74 Å². The van der Waals surface area contributed by atoms with Crippen molar-refractivity contribution in [3.8, 4) is 0 Å². The number of hydrogen-bond acceptors (Lipinski definition) is 6. The Morgan fingerprint density at radius 1 is 1.23 bits per heavy atom. The molecule has 1 aromatic heterocycles. The summed E-state index contributed by atoms with van der Waals surface area (Å²) in [6.07, 6.45) is 7.91. The molecule has 9 heteroatoms. The van der Waals surface area contributed by atoms with E-state index >= 15 is 0 Å². The van der Waals surface area contributed by atoms with E-state index in [0.717, 1.165) is 36.3 Å². The maximum absolute atomic E-state index is 12.9. The second-order valence-electron chi connectivity index (χ2n) is 8.51. The molecular weight excluding hydrogens is 434 g/mol. The highest BCUT2D eigenvalue weighted by Crippen LogP contribution is 2.34. The van der Waals surface area contributed by atoms with Crippen molar-refractivity contribution in [3.05, 3.63) is 18.2 Å². The fraction of sp³-hybridized carbons (Fsp3) is 0.636. The van der Waals surface area contributed by atoms with Gasteiger partial charge in [-0.2, -0.15) is 4.31 Å². The summed E-state index contributed by atoms with van der Waals surface area (Å²) in [4.78, 5) is 17.5. The number of aromatic nitrogens is 1. The quantitative estimate of drug-likeness (QED) is 0.660. The third kappa shape index (κ3) is 5.27. The van der Waals surface area contributed by atoms with Crippen molar-refractivity contribution >= 4 is 42.6 Å². The van der Waals surface area contributed by atoms with Gasteiger partial charge in [0.15, 0.2) is 5.13 Å². The molecule has 1 saturated carbocycles. The van der Waals surface area contributed by atoms with Crippen LogP contribution in [-0.4, -0.2) is 49.9 Å². The second-order valence-corrected chi connectivity index (χ2v) is 11.5. The van der Waals surface area contributed by atoms with Gasteiger partial charge in [-0.1, -0.05) is 37.5 Å². The van der Waals surface area contributed by atoms with Gasteiger partial charge in [-0.05, 0) is 49.8 Å². The summed E-state index contributed by atoms with van der Waals surface area (Å²) in [5.41, 5.74) is 0.699. The molecule has 170 valence electrons. The zero-order valence-corrected chi connectivity index (χ0v) is 19.6. The van der Waals surface area contributed by atoms with Gasteiger partial charge in [0.25, 0.3) is 0 Å². The van der Waals surface area contributed by atoms with Crippen molar-refractivity contribution < 1.29 is 17.9 Å². The van der Waals surface area contributed by atoms with E-state index < -0.39 is 10.0 Å². The van der Waals surface area contributed by atoms with Crippen LogP contribution in [0.1, 0.15) is 51.9 Å². The van der Waals surface area contributed by atoms with Crippen molar-refractivity contribution in [2.75, 3.05) is 31.6 Å². The summed E-state index contributed by atoms with van der Waals surface area (Å²) in [6.45, 7) is 3.78. The summed E-state index contributed by atoms with van der Waals surface area (Å²) in [7, 11) is -3.55. The molecule has 0 atom stereocenters. The van der Waals surface area contributed by atoms with Crippen LogP contribution in [0.15, 0.2) is 23.1 Å². The number of nitrogens with zero attached hydrogens (tertiary/aromatic N) is 2. The first-order valence-electron chi connectivity index (χ1n) is 11.3. The van der Waals surface area contributed by atoms with E-state index in [2.05, 4.69) is 17.2 Å². The monoisotopic (exact) mass is 465 g/mol. The number of anilines is 1. The number of benzene rings is 1. The minimum Gasteiger partial charge on any atom is -0.379 e. The van der Waals surface area contributed by atoms with Gasteiger partial charge in [-0.25, -0.2) is 13.4 Å². The normalized spacial score (nSPS) is 23.1. The van der Waals surface area contributed by atoms with Crippen LogP contribution in [0.2, 0.25) is 0 Å². The molecule has 31 heavy (non-hydrogen) atoms. The van der Waals surface area contributed by atoms with E-state index in [9.17, 15) is 13.2 Å². The molecule has 1 aliphatic carbocycles. The van der Waals surface area contributed by atoms with Crippen LogP contribution < -0.4 is 5.32 Å². The Labute approximate surface area is 188 Å². The Hall–Kier alpha value is -1.55. The van der Waals surface area contributed by atoms with Crippen LogP contribution in [0.4, 0.5) is 5.13 Å². The SMILES string of the molecule is CCCCC1CCC(C(=O)Nc2nc3ccc(S(=O)(=O)N4CCOCC4)cc3s2)CC1. The number of carbonyl (C=O) groups is 1. The molecule has 0 unspecified atom stereocenters. The topological polar surface area (TPSA) is 88.6 Å². The van der Waals surface area contributed by atoms with Gasteiger partial charge in [0.2, 0.25) is 15.9 Å². The Morgan fingerprint density at radius 3 is 2.68 bits per heavy atom. The molecule has 0 radical (unpaired) electrons. The number of hydrogen-bond donors (Lipinski definition) is 1. The molecule has 1 saturated heterocycles. The molecule has 1 aromatic carbocycles. The fourth-order valence-corrected chi connectivity index (χ4v) is 6.89. The van der Waals surface area contributed by atoms with Gasteiger partial charge in [0.1, 0.15) is 0 Å². The molecule has 1 aliphatic heterocycles. The second kappa shape index (κ2) is 9.94. The van der Waals surface area contributed by atoms with Crippen molar-refractivity contribution in [3.63, 3.8) is 0 Å². The van der Waals surface area contributed by atoms with Crippen LogP contribution in [0, 0.1) is 11.8 Å². The molecular formula is C22H31N3O4S2. The standard InChI is InChI=1S/C22H31N3O4S2/c1-2-3-4-16-5-7-17(8-6-16)21(26)24-22-23-19-10-9-18(15-20(19)30-22)31(27,28)25-11-13-29-14-12-25/h9-10,15-17H,2-8,11-14H2,1H3,(H,23,24,26).